The topological polar surface area (TPSA) is 103 Å². The maximum absolute atomic E-state index is 12.3. The number of oxazole rings is 1. The van der Waals surface area contributed by atoms with Crippen LogP contribution in [-0.4, -0.2) is 42.2 Å². The van der Waals surface area contributed by atoms with Crippen molar-refractivity contribution in [2.45, 2.75) is 60.1 Å². The highest BCUT2D eigenvalue weighted by atomic mass is 35.5. The lowest BCUT2D eigenvalue weighted by Gasteiger charge is -2.26. The molecule has 0 spiro atoms. The van der Waals surface area contributed by atoms with E-state index in [1.54, 1.807) is 32.9 Å². The fourth-order valence-electron chi connectivity index (χ4n) is 3.98. The zero-order valence-electron chi connectivity index (χ0n) is 22.9. The molecule has 0 unspecified atom stereocenters. The Morgan fingerprint density at radius 2 is 1.74 bits per heavy atom. The molecule has 1 heterocycles. The molecule has 8 nitrogen and oxygen atoms in total. The molecule has 2 aromatic carbocycles. The molecule has 0 saturated carbocycles. The Labute approximate surface area is 229 Å². The zero-order valence-corrected chi connectivity index (χ0v) is 23.6. The van der Waals surface area contributed by atoms with Crippen LogP contribution in [0.25, 0.3) is 11.5 Å². The van der Waals surface area contributed by atoms with Gasteiger partial charge in [-0.1, -0.05) is 23.7 Å². The summed E-state index contributed by atoms with van der Waals surface area (Å²) in [4.78, 5) is 29.1. The Balaban J connectivity index is 1.46. The smallest absolute Gasteiger partial charge is 0.349 e. The summed E-state index contributed by atoms with van der Waals surface area (Å²) < 4.78 is 16.9. The third-order valence-corrected chi connectivity index (χ3v) is 6.18. The molecule has 2 N–H and O–H groups in total. The van der Waals surface area contributed by atoms with E-state index in [4.69, 9.17) is 25.5 Å². The van der Waals surface area contributed by atoms with Crippen molar-refractivity contribution in [1.29, 1.82) is 0 Å². The molecule has 0 bridgehead atoms. The van der Waals surface area contributed by atoms with Gasteiger partial charge in [0, 0.05) is 30.1 Å². The highest BCUT2D eigenvalue weighted by Crippen LogP contribution is 2.29. The van der Waals surface area contributed by atoms with Gasteiger partial charge in [-0.2, -0.15) is 0 Å². The predicted molar refractivity (Wildman–Crippen MR) is 147 cm³/mol. The van der Waals surface area contributed by atoms with Crippen LogP contribution in [0.4, 0.5) is 0 Å². The van der Waals surface area contributed by atoms with Crippen LogP contribution in [0.1, 0.15) is 48.9 Å². The quantitative estimate of drug-likeness (QED) is 0.308. The van der Waals surface area contributed by atoms with Crippen LogP contribution in [0, 0.1) is 20.8 Å². The normalized spacial score (nSPS) is 11.3. The molecule has 3 rings (SSSR count). The third-order valence-electron chi connectivity index (χ3n) is 5.93. The second-order valence-electron chi connectivity index (χ2n) is 9.62. The van der Waals surface area contributed by atoms with E-state index in [-0.39, 0.29) is 12.5 Å². The minimum atomic E-state index is -1.09. The summed E-state index contributed by atoms with van der Waals surface area (Å²) in [5.41, 5.74) is 3.40. The van der Waals surface area contributed by atoms with Crippen molar-refractivity contribution >= 4 is 23.5 Å². The van der Waals surface area contributed by atoms with Crippen LogP contribution in [0.15, 0.2) is 40.8 Å². The highest BCUT2D eigenvalue weighted by molar-refractivity contribution is 6.30. The Hall–Kier alpha value is -3.36. The van der Waals surface area contributed by atoms with Gasteiger partial charge >= 0.3 is 5.97 Å². The fraction of sp³-hybridized carbons (Fsp3) is 0.414. The van der Waals surface area contributed by atoms with Gasteiger partial charge in [-0.3, -0.25) is 4.79 Å². The number of ether oxygens (including phenoxy) is 2. The highest BCUT2D eigenvalue weighted by Gasteiger charge is 2.32. The van der Waals surface area contributed by atoms with Crippen molar-refractivity contribution in [3.05, 3.63) is 69.6 Å². The SMILES string of the molecule is CCOC(=O)C(C)(C)Oc1c(C)cc(CNCC(=O)NCCc2nc(-c3ccc(Cl)cc3)oc2C)cc1C. The van der Waals surface area contributed by atoms with Gasteiger partial charge in [0.25, 0.3) is 0 Å². The van der Waals surface area contributed by atoms with Crippen molar-refractivity contribution in [1.82, 2.24) is 15.6 Å². The Bertz CT molecular complexity index is 1240. The first kappa shape index (κ1) is 29.2. The van der Waals surface area contributed by atoms with Gasteiger partial charge in [0.05, 0.1) is 18.8 Å². The Morgan fingerprint density at radius 1 is 1.08 bits per heavy atom. The largest absolute Gasteiger partial charge is 0.476 e. The summed E-state index contributed by atoms with van der Waals surface area (Å²) in [5.74, 6) is 1.41. The van der Waals surface area contributed by atoms with Gasteiger partial charge in [0.1, 0.15) is 11.5 Å². The molecular formula is C29H36ClN3O5. The maximum Gasteiger partial charge on any atom is 0.349 e. The minimum Gasteiger partial charge on any atom is -0.476 e. The van der Waals surface area contributed by atoms with Crippen LogP contribution >= 0.6 is 11.6 Å². The summed E-state index contributed by atoms with van der Waals surface area (Å²) in [6.07, 6.45) is 0.566. The van der Waals surface area contributed by atoms with Crippen LogP contribution in [0.2, 0.25) is 5.02 Å². The first-order valence-corrected chi connectivity index (χ1v) is 13.0. The summed E-state index contributed by atoms with van der Waals surface area (Å²) >= 11 is 5.95. The van der Waals surface area contributed by atoms with Crippen molar-refractivity contribution in [2.75, 3.05) is 19.7 Å². The van der Waals surface area contributed by atoms with Crippen molar-refractivity contribution < 1.29 is 23.5 Å². The van der Waals surface area contributed by atoms with Crippen molar-refractivity contribution in [2.24, 2.45) is 0 Å². The average molecular weight is 542 g/mol. The number of hydrogen-bond acceptors (Lipinski definition) is 7. The first-order valence-electron chi connectivity index (χ1n) is 12.7. The van der Waals surface area contributed by atoms with Gasteiger partial charge in [0.15, 0.2) is 5.60 Å². The van der Waals surface area contributed by atoms with Gasteiger partial charge < -0.3 is 24.5 Å². The number of nitrogens with one attached hydrogen (secondary N) is 2. The average Bonchev–Trinajstić information content (AvgIpc) is 3.22. The molecule has 3 aromatic rings. The zero-order chi connectivity index (χ0) is 27.9. The summed E-state index contributed by atoms with van der Waals surface area (Å²) in [7, 11) is 0. The van der Waals surface area contributed by atoms with E-state index in [1.165, 1.54) is 0 Å². The lowest BCUT2D eigenvalue weighted by atomic mass is 10.0. The molecule has 1 aromatic heterocycles. The van der Waals surface area contributed by atoms with E-state index in [1.807, 2.05) is 45.0 Å². The molecule has 204 valence electrons. The predicted octanol–water partition coefficient (Wildman–Crippen LogP) is 5.09. The van der Waals surface area contributed by atoms with E-state index in [2.05, 4.69) is 15.6 Å². The number of hydrogen-bond donors (Lipinski definition) is 2. The van der Waals surface area contributed by atoms with E-state index < -0.39 is 11.6 Å². The van der Waals surface area contributed by atoms with E-state index in [9.17, 15) is 9.59 Å². The molecular weight excluding hydrogens is 506 g/mol. The summed E-state index contributed by atoms with van der Waals surface area (Å²) in [5, 5.41) is 6.74. The van der Waals surface area contributed by atoms with Gasteiger partial charge in [-0.25, -0.2) is 9.78 Å². The van der Waals surface area contributed by atoms with E-state index in [0.717, 1.165) is 33.7 Å². The van der Waals surface area contributed by atoms with Crippen LogP contribution in [-0.2, 0) is 27.3 Å². The summed E-state index contributed by atoms with van der Waals surface area (Å²) in [6, 6.07) is 11.3. The molecule has 0 aliphatic rings. The van der Waals surface area contributed by atoms with Gasteiger partial charge in [0.2, 0.25) is 11.8 Å². The first-order chi connectivity index (χ1) is 18.0. The molecule has 9 heteroatoms. The molecule has 0 atom stereocenters. The number of benzene rings is 2. The number of carbonyl (C=O) groups excluding carboxylic acids is 2. The number of aryl methyl sites for hydroxylation is 3. The number of nitrogens with zero attached hydrogens (tertiary/aromatic N) is 1. The lowest BCUT2D eigenvalue weighted by Crippen LogP contribution is -2.40. The fourth-order valence-corrected chi connectivity index (χ4v) is 4.11. The molecule has 0 saturated heterocycles. The van der Waals surface area contributed by atoms with Crippen molar-refractivity contribution in [3.8, 4) is 17.2 Å². The minimum absolute atomic E-state index is 0.103. The second-order valence-corrected chi connectivity index (χ2v) is 10.1. The van der Waals surface area contributed by atoms with Crippen LogP contribution in [0.5, 0.6) is 5.75 Å². The van der Waals surface area contributed by atoms with E-state index in [0.29, 0.717) is 42.8 Å². The van der Waals surface area contributed by atoms with Crippen LogP contribution < -0.4 is 15.4 Å². The summed E-state index contributed by atoms with van der Waals surface area (Å²) in [6.45, 7) is 12.3. The molecule has 1 amide bonds. The van der Waals surface area contributed by atoms with E-state index >= 15 is 0 Å². The number of carbonyl (C=O) groups is 2. The maximum atomic E-state index is 12.3. The number of esters is 1. The number of aromatic nitrogens is 1. The Kier molecular flexibility index (Phi) is 9.94. The third kappa shape index (κ3) is 7.82. The lowest BCUT2D eigenvalue weighted by molar-refractivity contribution is -0.158. The number of rotatable bonds is 12. The number of amides is 1. The standard InChI is InChI=1S/C29H36ClN3O5/c1-7-36-28(35)29(5,6)38-26-18(2)14-21(15-19(26)3)16-31-17-25(34)32-13-12-24-20(4)37-27(33-24)22-8-10-23(30)11-9-22/h8-11,14-15,31H,7,12-13,16-17H2,1-6H3,(H,32,34). The van der Waals surface area contributed by atoms with Crippen molar-refractivity contribution in [3.63, 3.8) is 0 Å². The van der Waals surface area contributed by atoms with Crippen LogP contribution in [0.3, 0.4) is 0 Å². The molecule has 0 aliphatic carbocycles. The second kappa shape index (κ2) is 12.9. The molecule has 0 fully saturated rings. The molecule has 0 radical (unpaired) electrons. The van der Waals surface area contributed by atoms with Gasteiger partial charge in [-0.05, 0) is 82.5 Å². The molecule has 0 aliphatic heterocycles. The molecule has 38 heavy (non-hydrogen) atoms. The Morgan fingerprint density at radius 3 is 2.37 bits per heavy atom. The van der Waals surface area contributed by atoms with Gasteiger partial charge in [-0.15, -0.1) is 0 Å². The monoisotopic (exact) mass is 541 g/mol. The number of halogens is 1.